The second-order valence-corrected chi connectivity index (χ2v) is 7.62. The van der Waals surface area contributed by atoms with Gasteiger partial charge >= 0.3 is 0 Å². The molecule has 1 amide bonds. The van der Waals surface area contributed by atoms with Gasteiger partial charge in [0, 0.05) is 26.1 Å². The van der Waals surface area contributed by atoms with Crippen LogP contribution in [0.2, 0.25) is 10.0 Å². The van der Waals surface area contributed by atoms with Gasteiger partial charge in [0.1, 0.15) is 0 Å². The van der Waals surface area contributed by atoms with Crippen LogP contribution in [-0.4, -0.2) is 38.8 Å². The van der Waals surface area contributed by atoms with Gasteiger partial charge in [-0.05, 0) is 31.0 Å². The lowest BCUT2D eigenvalue weighted by molar-refractivity contribution is -0.125. The van der Waals surface area contributed by atoms with Crippen molar-refractivity contribution in [1.29, 1.82) is 0 Å². The number of carbonyl (C=O) groups excluding carboxylic acids is 1. The van der Waals surface area contributed by atoms with Gasteiger partial charge in [0.15, 0.2) is 0 Å². The first-order valence-corrected chi connectivity index (χ1v) is 8.72. The number of amides is 1. The first kappa shape index (κ1) is 16.5. The van der Waals surface area contributed by atoms with Crippen molar-refractivity contribution in [3.05, 3.63) is 28.2 Å². The summed E-state index contributed by atoms with van der Waals surface area (Å²) in [5, 5.41) is 3.11. The van der Waals surface area contributed by atoms with Crippen LogP contribution in [0.4, 0.5) is 0 Å². The third-order valence-corrected chi connectivity index (χ3v) is 6.23. The summed E-state index contributed by atoms with van der Waals surface area (Å²) in [6.45, 7) is 0.640. The molecular weight excluding hydrogens is 335 g/mol. The van der Waals surface area contributed by atoms with Gasteiger partial charge < -0.3 is 5.32 Å². The van der Waals surface area contributed by atoms with E-state index in [-0.39, 0.29) is 21.7 Å². The molecule has 0 unspecified atom stereocenters. The van der Waals surface area contributed by atoms with Crippen molar-refractivity contribution in [2.75, 3.05) is 20.1 Å². The Morgan fingerprint density at radius 1 is 1.24 bits per heavy atom. The SMILES string of the molecule is CNC(=O)C1CCN(S(=O)(=O)c2ccc(Cl)c(Cl)c2)CC1. The molecular formula is C13H16Cl2N2O3S. The van der Waals surface area contributed by atoms with Crippen LogP contribution < -0.4 is 5.32 Å². The van der Waals surface area contributed by atoms with E-state index in [0.29, 0.717) is 31.0 Å². The zero-order valence-corrected chi connectivity index (χ0v) is 13.8. The summed E-state index contributed by atoms with van der Waals surface area (Å²) >= 11 is 11.7. The Morgan fingerprint density at radius 2 is 1.86 bits per heavy atom. The fourth-order valence-corrected chi connectivity index (χ4v) is 4.21. The molecule has 21 heavy (non-hydrogen) atoms. The molecule has 8 heteroatoms. The van der Waals surface area contributed by atoms with E-state index >= 15 is 0 Å². The monoisotopic (exact) mass is 350 g/mol. The van der Waals surface area contributed by atoms with Crippen molar-refractivity contribution in [1.82, 2.24) is 9.62 Å². The highest BCUT2D eigenvalue weighted by atomic mass is 35.5. The van der Waals surface area contributed by atoms with Crippen molar-refractivity contribution in [2.24, 2.45) is 5.92 Å². The van der Waals surface area contributed by atoms with Crippen molar-refractivity contribution < 1.29 is 13.2 Å². The molecule has 0 radical (unpaired) electrons. The van der Waals surface area contributed by atoms with Crippen LogP contribution in [-0.2, 0) is 14.8 Å². The molecule has 0 aromatic heterocycles. The van der Waals surface area contributed by atoms with Crippen LogP contribution in [0.25, 0.3) is 0 Å². The van der Waals surface area contributed by atoms with Crippen LogP contribution in [0.3, 0.4) is 0 Å². The highest BCUT2D eigenvalue weighted by molar-refractivity contribution is 7.89. The number of benzene rings is 1. The van der Waals surface area contributed by atoms with Gasteiger partial charge in [0.05, 0.1) is 14.9 Å². The quantitative estimate of drug-likeness (QED) is 0.907. The van der Waals surface area contributed by atoms with E-state index in [0.717, 1.165) is 0 Å². The summed E-state index contributed by atoms with van der Waals surface area (Å²) in [5.41, 5.74) is 0. The Hall–Kier alpha value is -0.820. The van der Waals surface area contributed by atoms with Gasteiger partial charge in [-0.25, -0.2) is 8.42 Å². The van der Waals surface area contributed by atoms with Crippen LogP contribution in [0.15, 0.2) is 23.1 Å². The van der Waals surface area contributed by atoms with Gasteiger partial charge in [-0.3, -0.25) is 4.79 Å². The number of nitrogens with zero attached hydrogens (tertiary/aromatic N) is 1. The number of sulfonamides is 1. The summed E-state index contributed by atoms with van der Waals surface area (Å²) in [7, 11) is -2.01. The molecule has 1 aliphatic rings. The van der Waals surface area contributed by atoms with Gasteiger partial charge in [0.25, 0.3) is 0 Å². The highest BCUT2D eigenvalue weighted by Crippen LogP contribution is 2.28. The molecule has 0 atom stereocenters. The summed E-state index contributed by atoms with van der Waals surface area (Å²) in [5.74, 6) is -0.170. The lowest BCUT2D eigenvalue weighted by Crippen LogP contribution is -2.42. The van der Waals surface area contributed by atoms with E-state index in [1.807, 2.05) is 0 Å². The van der Waals surface area contributed by atoms with Gasteiger partial charge in [-0.15, -0.1) is 0 Å². The predicted octanol–water partition coefficient (Wildman–Crippen LogP) is 2.14. The van der Waals surface area contributed by atoms with Crippen LogP contribution >= 0.6 is 23.2 Å². The first-order chi connectivity index (χ1) is 9.86. The maximum atomic E-state index is 12.5. The maximum Gasteiger partial charge on any atom is 0.243 e. The summed E-state index contributed by atoms with van der Waals surface area (Å²) in [6.07, 6.45) is 1.03. The molecule has 1 heterocycles. The topological polar surface area (TPSA) is 66.5 Å². The molecule has 0 saturated carbocycles. The Morgan fingerprint density at radius 3 is 2.38 bits per heavy atom. The third kappa shape index (κ3) is 3.51. The summed E-state index contributed by atoms with van der Waals surface area (Å²) in [6, 6.07) is 4.26. The molecule has 1 saturated heterocycles. The average molecular weight is 351 g/mol. The van der Waals surface area contributed by atoms with Crippen LogP contribution in [0, 0.1) is 5.92 Å². The molecule has 0 spiro atoms. The van der Waals surface area contributed by atoms with E-state index in [2.05, 4.69) is 5.32 Å². The van der Waals surface area contributed by atoms with Crippen LogP contribution in [0.5, 0.6) is 0 Å². The predicted molar refractivity (Wildman–Crippen MR) is 82.0 cm³/mol. The molecule has 1 aromatic carbocycles. The Balaban J connectivity index is 2.14. The number of rotatable bonds is 3. The number of hydrogen-bond acceptors (Lipinski definition) is 3. The zero-order valence-electron chi connectivity index (χ0n) is 11.5. The van der Waals surface area contributed by atoms with Crippen molar-refractivity contribution in [3.63, 3.8) is 0 Å². The van der Waals surface area contributed by atoms with Gasteiger partial charge in [-0.1, -0.05) is 23.2 Å². The van der Waals surface area contributed by atoms with E-state index in [4.69, 9.17) is 23.2 Å². The van der Waals surface area contributed by atoms with Crippen molar-refractivity contribution >= 4 is 39.1 Å². The fourth-order valence-electron chi connectivity index (χ4n) is 2.35. The zero-order chi connectivity index (χ0) is 15.6. The lowest BCUT2D eigenvalue weighted by atomic mass is 9.97. The third-order valence-electron chi connectivity index (χ3n) is 3.60. The largest absolute Gasteiger partial charge is 0.359 e. The van der Waals surface area contributed by atoms with E-state index in [1.54, 1.807) is 7.05 Å². The van der Waals surface area contributed by atoms with Crippen molar-refractivity contribution in [2.45, 2.75) is 17.7 Å². The van der Waals surface area contributed by atoms with E-state index < -0.39 is 10.0 Å². The fraction of sp³-hybridized carbons (Fsp3) is 0.462. The number of nitrogens with one attached hydrogen (secondary N) is 1. The van der Waals surface area contributed by atoms with E-state index in [1.165, 1.54) is 22.5 Å². The summed E-state index contributed by atoms with van der Waals surface area (Å²) in [4.78, 5) is 11.7. The molecule has 1 N–H and O–H groups in total. The minimum absolute atomic E-state index is 0.0402. The second kappa shape index (κ2) is 6.52. The van der Waals surface area contributed by atoms with Crippen LogP contribution in [0.1, 0.15) is 12.8 Å². The van der Waals surface area contributed by atoms with Gasteiger partial charge in [0.2, 0.25) is 15.9 Å². The van der Waals surface area contributed by atoms with Gasteiger partial charge in [-0.2, -0.15) is 4.31 Å². The molecule has 1 aliphatic heterocycles. The number of carbonyl (C=O) groups is 1. The normalized spacial score (nSPS) is 17.7. The molecule has 1 fully saturated rings. The minimum atomic E-state index is -3.60. The Bertz CT molecular complexity index is 641. The van der Waals surface area contributed by atoms with E-state index in [9.17, 15) is 13.2 Å². The first-order valence-electron chi connectivity index (χ1n) is 6.53. The number of hydrogen-bond donors (Lipinski definition) is 1. The molecule has 116 valence electrons. The smallest absolute Gasteiger partial charge is 0.243 e. The maximum absolute atomic E-state index is 12.5. The lowest BCUT2D eigenvalue weighted by Gasteiger charge is -2.30. The highest BCUT2D eigenvalue weighted by Gasteiger charge is 2.31. The molecule has 0 bridgehead atoms. The average Bonchev–Trinajstić information content (AvgIpc) is 2.49. The molecule has 0 aliphatic carbocycles. The molecule has 2 rings (SSSR count). The minimum Gasteiger partial charge on any atom is -0.359 e. The van der Waals surface area contributed by atoms with Crippen molar-refractivity contribution in [3.8, 4) is 0 Å². The number of piperidine rings is 1. The summed E-state index contributed by atoms with van der Waals surface area (Å²) < 4.78 is 26.4. The molecule has 1 aromatic rings. The number of halogens is 2. The second-order valence-electron chi connectivity index (χ2n) is 4.87. The standard InChI is InChI=1S/C13H16Cl2N2O3S/c1-16-13(18)9-4-6-17(7-5-9)21(19,20)10-2-3-11(14)12(15)8-10/h2-3,8-9H,4-7H2,1H3,(H,16,18). The Labute approximate surface area is 134 Å². The Kier molecular flexibility index (Phi) is 5.14. The molecule has 5 nitrogen and oxygen atoms in total.